The number of nitrogens with zero attached hydrogens (tertiary/aromatic N) is 1. The standard InChI is InChI=1S/C17H14F3NO3/c18-17(19,20)10-4-3-5-11(8-10)24-15-13-7-2-1-6-12(13)14(9-21-15)16(22)23/h3-5,8-9H,1-2,6-7H2,(H,22,23). The summed E-state index contributed by atoms with van der Waals surface area (Å²) in [7, 11) is 0. The zero-order valence-corrected chi connectivity index (χ0v) is 12.6. The number of pyridine rings is 1. The Kier molecular flexibility index (Phi) is 4.17. The van der Waals surface area contributed by atoms with Gasteiger partial charge in [0, 0.05) is 11.8 Å². The number of hydrogen-bond donors (Lipinski definition) is 1. The van der Waals surface area contributed by atoms with Crippen molar-refractivity contribution in [1.29, 1.82) is 0 Å². The molecule has 0 saturated heterocycles. The van der Waals surface area contributed by atoms with Gasteiger partial charge in [-0.3, -0.25) is 0 Å². The Morgan fingerprint density at radius 2 is 1.88 bits per heavy atom. The number of rotatable bonds is 3. The number of aromatic carboxylic acids is 1. The second kappa shape index (κ2) is 6.14. The van der Waals surface area contributed by atoms with Crippen LogP contribution in [0.5, 0.6) is 11.6 Å². The van der Waals surface area contributed by atoms with Gasteiger partial charge in [0.05, 0.1) is 11.1 Å². The lowest BCUT2D eigenvalue weighted by Crippen LogP contribution is -2.13. The van der Waals surface area contributed by atoms with Gasteiger partial charge in [-0.25, -0.2) is 9.78 Å². The van der Waals surface area contributed by atoms with Crippen LogP contribution in [0.25, 0.3) is 0 Å². The predicted molar refractivity (Wildman–Crippen MR) is 79.4 cm³/mol. The molecule has 0 aliphatic heterocycles. The van der Waals surface area contributed by atoms with Crippen LogP contribution in [0.3, 0.4) is 0 Å². The first kappa shape index (κ1) is 16.3. The van der Waals surface area contributed by atoms with Gasteiger partial charge < -0.3 is 9.84 Å². The summed E-state index contributed by atoms with van der Waals surface area (Å²) in [5, 5.41) is 9.24. The van der Waals surface area contributed by atoms with E-state index in [1.807, 2.05) is 0 Å². The van der Waals surface area contributed by atoms with Crippen molar-refractivity contribution in [3.05, 3.63) is 52.7 Å². The van der Waals surface area contributed by atoms with Gasteiger partial charge in [0.1, 0.15) is 5.75 Å². The number of alkyl halides is 3. The Morgan fingerprint density at radius 3 is 2.54 bits per heavy atom. The van der Waals surface area contributed by atoms with E-state index in [4.69, 9.17) is 4.74 Å². The summed E-state index contributed by atoms with van der Waals surface area (Å²) < 4.78 is 43.9. The van der Waals surface area contributed by atoms with Crippen molar-refractivity contribution in [2.45, 2.75) is 31.9 Å². The molecule has 7 heteroatoms. The van der Waals surface area contributed by atoms with E-state index >= 15 is 0 Å². The van der Waals surface area contributed by atoms with Gasteiger partial charge in [0.15, 0.2) is 0 Å². The van der Waals surface area contributed by atoms with E-state index in [0.717, 1.165) is 25.0 Å². The molecule has 0 fully saturated rings. The van der Waals surface area contributed by atoms with E-state index in [1.54, 1.807) is 0 Å². The van der Waals surface area contributed by atoms with E-state index in [0.29, 0.717) is 24.0 Å². The van der Waals surface area contributed by atoms with Gasteiger partial charge >= 0.3 is 12.1 Å². The lowest BCUT2D eigenvalue weighted by Gasteiger charge is -2.20. The molecule has 1 heterocycles. The number of hydrogen-bond acceptors (Lipinski definition) is 3. The number of benzene rings is 1. The fourth-order valence-electron chi connectivity index (χ4n) is 2.84. The monoisotopic (exact) mass is 337 g/mol. The molecule has 4 nitrogen and oxygen atoms in total. The first-order valence-electron chi connectivity index (χ1n) is 7.45. The third-order valence-corrected chi connectivity index (χ3v) is 3.97. The van der Waals surface area contributed by atoms with E-state index < -0.39 is 17.7 Å². The number of carboxylic acid groups (broad SMARTS) is 1. The molecule has 0 amide bonds. The molecule has 0 spiro atoms. The van der Waals surface area contributed by atoms with Gasteiger partial charge in [0.25, 0.3) is 0 Å². The molecule has 0 atom stereocenters. The number of aromatic nitrogens is 1. The summed E-state index contributed by atoms with van der Waals surface area (Å²) in [6, 6.07) is 4.54. The van der Waals surface area contributed by atoms with Crippen molar-refractivity contribution in [2.75, 3.05) is 0 Å². The van der Waals surface area contributed by atoms with Crippen molar-refractivity contribution in [2.24, 2.45) is 0 Å². The normalized spacial score (nSPS) is 14.1. The summed E-state index contributed by atoms with van der Waals surface area (Å²) in [5.41, 5.74) is 0.640. The van der Waals surface area contributed by atoms with Gasteiger partial charge in [0.2, 0.25) is 5.88 Å². The van der Waals surface area contributed by atoms with Crippen molar-refractivity contribution in [1.82, 2.24) is 4.98 Å². The van der Waals surface area contributed by atoms with E-state index in [2.05, 4.69) is 4.98 Å². The highest BCUT2D eigenvalue weighted by Gasteiger charge is 2.31. The zero-order valence-electron chi connectivity index (χ0n) is 12.6. The molecule has 3 rings (SSSR count). The van der Waals surface area contributed by atoms with Crippen molar-refractivity contribution in [3.63, 3.8) is 0 Å². The summed E-state index contributed by atoms with van der Waals surface area (Å²) >= 11 is 0. The average Bonchev–Trinajstić information content (AvgIpc) is 2.54. The molecule has 0 radical (unpaired) electrons. The second-order valence-corrected chi connectivity index (χ2v) is 5.57. The van der Waals surface area contributed by atoms with Crippen LogP contribution in [0.2, 0.25) is 0 Å². The molecule has 24 heavy (non-hydrogen) atoms. The van der Waals surface area contributed by atoms with Crippen molar-refractivity contribution < 1.29 is 27.8 Å². The molecular weight excluding hydrogens is 323 g/mol. The highest BCUT2D eigenvalue weighted by Crippen LogP contribution is 2.35. The van der Waals surface area contributed by atoms with Crippen molar-refractivity contribution in [3.8, 4) is 11.6 Å². The van der Waals surface area contributed by atoms with Crippen LogP contribution in [-0.4, -0.2) is 16.1 Å². The lowest BCUT2D eigenvalue weighted by molar-refractivity contribution is -0.137. The SMILES string of the molecule is O=C(O)c1cnc(Oc2cccc(C(F)(F)F)c2)c2c1CCCC2. The molecule has 1 aliphatic rings. The first-order valence-corrected chi connectivity index (χ1v) is 7.45. The van der Waals surface area contributed by atoms with Crippen LogP contribution < -0.4 is 4.74 Å². The molecule has 0 bridgehead atoms. The fraction of sp³-hybridized carbons (Fsp3) is 0.294. The van der Waals surface area contributed by atoms with Gasteiger partial charge in [-0.1, -0.05) is 6.07 Å². The first-order chi connectivity index (χ1) is 11.4. The molecular formula is C17H14F3NO3. The topological polar surface area (TPSA) is 59.4 Å². The Labute approximate surface area is 135 Å². The molecule has 0 saturated carbocycles. The molecule has 126 valence electrons. The highest BCUT2D eigenvalue weighted by molar-refractivity contribution is 5.89. The smallest absolute Gasteiger partial charge is 0.416 e. The predicted octanol–water partition coefficient (Wildman–Crippen LogP) is 4.47. The number of carboxylic acids is 1. The van der Waals surface area contributed by atoms with Crippen LogP contribution in [0, 0.1) is 0 Å². The third kappa shape index (κ3) is 3.20. The Hall–Kier alpha value is -2.57. The maximum Gasteiger partial charge on any atom is 0.416 e. The van der Waals surface area contributed by atoms with E-state index in [1.165, 1.54) is 18.3 Å². The second-order valence-electron chi connectivity index (χ2n) is 5.57. The van der Waals surface area contributed by atoms with Crippen LogP contribution in [0.4, 0.5) is 13.2 Å². The van der Waals surface area contributed by atoms with Crippen molar-refractivity contribution >= 4 is 5.97 Å². The van der Waals surface area contributed by atoms with E-state index in [9.17, 15) is 23.1 Å². The molecule has 1 aliphatic carbocycles. The molecule has 1 aromatic heterocycles. The van der Waals surface area contributed by atoms with Crippen LogP contribution >= 0.6 is 0 Å². The maximum atomic E-state index is 12.8. The summed E-state index contributed by atoms with van der Waals surface area (Å²) in [5.74, 6) is -0.867. The molecule has 1 aromatic carbocycles. The average molecular weight is 337 g/mol. The zero-order chi connectivity index (χ0) is 17.3. The highest BCUT2D eigenvalue weighted by atomic mass is 19.4. The Morgan fingerprint density at radius 1 is 1.17 bits per heavy atom. The quantitative estimate of drug-likeness (QED) is 0.898. The maximum absolute atomic E-state index is 12.8. The summed E-state index contributed by atoms with van der Waals surface area (Å²) in [6.07, 6.45) is -0.345. The number of carbonyl (C=O) groups is 1. The van der Waals surface area contributed by atoms with Gasteiger partial charge in [-0.05, 0) is 49.4 Å². The molecule has 2 aromatic rings. The lowest BCUT2D eigenvalue weighted by atomic mass is 9.89. The summed E-state index contributed by atoms with van der Waals surface area (Å²) in [4.78, 5) is 15.3. The molecule has 0 unspecified atom stereocenters. The van der Waals surface area contributed by atoms with Crippen LogP contribution in [-0.2, 0) is 19.0 Å². The largest absolute Gasteiger partial charge is 0.478 e. The van der Waals surface area contributed by atoms with E-state index in [-0.39, 0.29) is 17.2 Å². The third-order valence-electron chi connectivity index (χ3n) is 3.97. The molecule has 1 N–H and O–H groups in total. The minimum absolute atomic E-state index is 0.0215. The van der Waals surface area contributed by atoms with Crippen LogP contribution in [0.15, 0.2) is 30.5 Å². The Balaban J connectivity index is 1.98. The van der Waals surface area contributed by atoms with Gasteiger partial charge in [-0.2, -0.15) is 13.2 Å². The van der Waals surface area contributed by atoms with Gasteiger partial charge in [-0.15, -0.1) is 0 Å². The number of fused-ring (bicyclic) bond motifs is 1. The van der Waals surface area contributed by atoms with Crippen LogP contribution in [0.1, 0.15) is 39.9 Å². The number of ether oxygens (including phenoxy) is 1. The minimum atomic E-state index is -4.46. The minimum Gasteiger partial charge on any atom is -0.478 e. The Bertz CT molecular complexity index is 787. The fourth-order valence-corrected chi connectivity index (χ4v) is 2.84. The summed E-state index contributed by atoms with van der Waals surface area (Å²) in [6.45, 7) is 0. The number of halogens is 3.